The molecule has 1 saturated heterocycles. The van der Waals surface area contributed by atoms with Crippen molar-refractivity contribution in [2.75, 3.05) is 18.0 Å². The van der Waals surface area contributed by atoms with Crippen LogP contribution in [-0.2, 0) is 0 Å². The van der Waals surface area contributed by atoms with E-state index in [0.717, 1.165) is 13.1 Å². The van der Waals surface area contributed by atoms with Crippen LogP contribution in [0.15, 0.2) is 22.7 Å². The molecule has 1 N–H and O–H groups in total. The largest absolute Gasteiger partial charge is 0.359 e. The van der Waals surface area contributed by atoms with Crippen LogP contribution in [0.4, 0.5) is 5.69 Å². The first kappa shape index (κ1) is 13.9. The molecular formula is C15H23BrN2. The molecule has 3 heteroatoms. The van der Waals surface area contributed by atoms with Gasteiger partial charge < -0.3 is 10.2 Å². The van der Waals surface area contributed by atoms with Crippen LogP contribution in [0, 0.1) is 6.92 Å². The maximum Gasteiger partial charge on any atom is 0.0476 e. The van der Waals surface area contributed by atoms with Gasteiger partial charge in [-0.1, -0.05) is 22.0 Å². The van der Waals surface area contributed by atoms with Crippen molar-refractivity contribution < 1.29 is 0 Å². The van der Waals surface area contributed by atoms with Gasteiger partial charge in [-0.05, 0) is 52.3 Å². The highest BCUT2D eigenvalue weighted by atomic mass is 79.9. The Kier molecular flexibility index (Phi) is 3.50. The maximum absolute atomic E-state index is 3.65. The van der Waals surface area contributed by atoms with Gasteiger partial charge in [0.25, 0.3) is 0 Å². The van der Waals surface area contributed by atoms with E-state index in [1.54, 1.807) is 0 Å². The highest BCUT2D eigenvalue weighted by Crippen LogP contribution is 2.36. The van der Waals surface area contributed by atoms with E-state index in [2.05, 4.69) is 79.0 Å². The van der Waals surface area contributed by atoms with E-state index in [-0.39, 0.29) is 11.1 Å². The highest BCUT2D eigenvalue weighted by Gasteiger charge is 2.41. The summed E-state index contributed by atoms with van der Waals surface area (Å²) >= 11 is 3.65. The van der Waals surface area contributed by atoms with Gasteiger partial charge in [-0.2, -0.15) is 0 Å². The van der Waals surface area contributed by atoms with Crippen molar-refractivity contribution in [3.05, 3.63) is 28.2 Å². The van der Waals surface area contributed by atoms with Crippen molar-refractivity contribution in [2.45, 2.75) is 45.7 Å². The normalized spacial score (nSPS) is 22.0. The molecule has 0 unspecified atom stereocenters. The molecule has 0 saturated carbocycles. The molecule has 0 atom stereocenters. The third-order valence-corrected chi connectivity index (χ3v) is 4.59. The number of piperazine rings is 1. The topological polar surface area (TPSA) is 15.3 Å². The van der Waals surface area contributed by atoms with Crippen LogP contribution in [0.3, 0.4) is 0 Å². The third kappa shape index (κ3) is 2.43. The van der Waals surface area contributed by atoms with Gasteiger partial charge in [0.15, 0.2) is 0 Å². The van der Waals surface area contributed by atoms with Crippen molar-refractivity contribution in [1.29, 1.82) is 0 Å². The summed E-state index contributed by atoms with van der Waals surface area (Å²) in [5.74, 6) is 0. The zero-order valence-electron chi connectivity index (χ0n) is 12.0. The summed E-state index contributed by atoms with van der Waals surface area (Å²) in [5.41, 5.74) is 2.82. The second-order valence-corrected chi connectivity index (χ2v) is 7.35. The first-order chi connectivity index (χ1) is 8.24. The number of benzene rings is 1. The molecule has 18 heavy (non-hydrogen) atoms. The van der Waals surface area contributed by atoms with Crippen molar-refractivity contribution in [2.24, 2.45) is 0 Å². The number of nitrogens with one attached hydrogen (secondary N) is 1. The van der Waals surface area contributed by atoms with Gasteiger partial charge in [-0.3, -0.25) is 0 Å². The van der Waals surface area contributed by atoms with Gasteiger partial charge in [0, 0.05) is 34.3 Å². The van der Waals surface area contributed by atoms with Gasteiger partial charge in [-0.15, -0.1) is 0 Å². The van der Waals surface area contributed by atoms with Crippen molar-refractivity contribution in [3.63, 3.8) is 0 Å². The minimum Gasteiger partial charge on any atom is -0.359 e. The fraction of sp³-hybridized carbons (Fsp3) is 0.600. The van der Waals surface area contributed by atoms with Crippen LogP contribution in [0.25, 0.3) is 0 Å². The van der Waals surface area contributed by atoms with Gasteiger partial charge >= 0.3 is 0 Å². The van der Waals surface area contributed by atoms with Crippen molar-refractivity contribution >= 4 is 21.6 Å². The van der Waals surface area contributed by atoms with E-state index >= 15 is 0 Å². The lowest BCUT2D eigenvalue weighted by Gasteiger charge is -2.54. The molecule has 0 spiro atoms. The first-order valence-corrected chi connectivity index (χ1v) is 7.31. The maximum atomic E-state index is 3.65. The lowest BCUT2D eigenvalue weighted by Crippen LogP contribution is -2.68. The number of nitrogens with zero attached hydrogens (tertiary/aromatic N) is 1. The van der Waals surface area contributed by atoms with E-state index in [0.29, 0.717) is 0 Å². The highest BCUT2D eigenvalue weighted by molar-refractivity contribution is 9.10. The molecule has 0 amide bonds. The van der Waals surface area contributed by atoms with Crippen LogP contribution >= 0.6 is 15.9 Å². The molecule has 100 valence electrons. The lowest BCUT2D eigenvalue weighted by atomic mass is 9.88. The lowest BCUT2D eigenvalue weighted by molar-refractivity contribution is 0.263. The number of hydrogen-bond acceptors (Lipinski definition) is 2. The zero-order valence-corrected chi connectivity index (χ0v) is 13.6. The molecule has 0 bridgehead atoms. The smallest absolute Gasteiger partial charge is 0.0476 e. The number of halogens is 1. The van der Waals surface area contributed by atoms with Gasteiger partial charge in [0.1, 0.15) is 0 Å². The Labute approximate surface area is 119 Å². The summed E-state index contributed by atoms with van der Waals surface area (Å²) in [7, 11) is 0. The average molecular weight is 311 g/mol. The molecule has 1 aliphatic rings. The quantitative estimate of drug-likeness (QED) is 0.850. The fourth-order valence-corrected chi connectivity index (χ4v) is 3.44. The minimum absolute atomic E-state index is 0.121. The molecule has 0 aromatic heterocycles. The number of rotatable bonds is 1. The van der Waals surface area contributed by atoms with E-state index < -0.39 is 0 Å². The van der Waals surface area contributed by atoms with E-state index in [1.165, 1.54) is 15.7 Å². The molecule has 0 radical (unpaired) electrons. The van der Waals surface area contributed by atoms with E-state index in [1.807, 2.05) is 0 Å². The van der Waals surface area contributed by atoms with Crippen LogP contribution in [-0.4, -0.2) is 24.2 Å². The Hall–Kier alpha value is -0.540. The van der Waals surface area contributed by atoms with Crippen molar-refractivity contribution in [3.8, 4) is 0 Å². The molecule has 1 aromatic carbocycles. The predicted octanol–water partition coefficient (Wildman–Crippen LogP) is 3.72. The fourth-order valence-electron chi connectivity index (χ4n) is 3.07. The van der Waals surface area contributed by atoms with Crippen molar-refractivity contribution in [1.82, 2.24) is 5.32 Å². The Morgan fingerprint density at radius 2 is 1.67 bits per heavy atom. The van der Waals surface area contributed by atoms with E-state index in [9.17, 15) is 0 Å². The summed E-state index contributed by atoms with van der Waals surface area (Å²) in [6.07, 6.45) is 0. The SMILES string of the molecule is Cc1ccc(N2C(C)(C)CNCC2(C)C)cc1Br. The van der Waals surface area contributed by atoms with Crippen LogP contribution < -0.4 is 10.2 Å². The molecular weight excluding hydrogens is 288 g/mol. The third-order valence-electron chi connectivity index (χ3n) is 3.74. The molecule has 0 aliphatic carbocycles. The summed E-state index contributed by atoms with van der Waals surface area (Å²) < 4.78 is 1.19. The van der Waals surface area contributed by atoms with E-state index in [4.69, 9.17) is 0 Å². The van der Waals surface area contributed by atoms with Crippen LogP contribution in [0.2, 0.25) is 0 Å². The van der Waals surface area contributed by atoms with Gasteiger partial charge in [0.2, 0.25) is 0 Å². The summed E-state index contributed by atoms with van der Waals surface area (Å²) in [6.45, 7) is 13.4. The molecule has 1 aliphatic heterocycles. The summed E-state index contributed by atoms with van der Waals surface area (Å²) in [4.78, 5) is 2.54. The summed E-state index contributed by atoms with van der Waals surface area (Å²) in [6, 6.07) is 6.66. The monoisotopic (exact) mass is 310 g/mol. The minimum atomic E-state index is 0.121. The second-order valence-electron chi connectivity index (χ2n) is 6.50. The second kappa shape index (κ2) is 4.53. The standard InChI is InChI=1S/C15H23BrN2/c1-11-6-7-12(8-13(11)16)18-14(2,3)9-17-10-15(18,4)5/h6-8,17H,9-10H2,1-5H3. The number of aryl methyl sites for hydroxylation is 1. The Balaban J connectivity index is 2.47. The molecule has 1 aromatic rings. The number of anilines is 1. The average Bonchev–Trinajstić information content (AvgIpc) is 2.20. The molecule has 2 rings (SSSR count). The van der Waals surface area contributed by atoms with Crippen LogP contribution in [0.5, 0.6) is 0 Å². The van der Waals surface area contributed by atoms with Gasteiger partial charge in [-0.25, -0.2) is 0 Å². The predicted molar refractivity (Wildman–Crippen MR) is 82.4 cm³/mol. The number of hydrogen-bond donors (Lipinski definition) is 1. The van der Waals surface area contributed by atoms with Gasteiger partial charge in [0.05, 0.1) is 0 Å². The first-order valence-electron chi connectivity index (χ1n) is 6.51. The Morgan fingerprint density at radius 1 is 1.11 bits per heavy atom. The molecule has 2 nitrogen and oxygen atoms in total. The zero-order chi connectivity index (χ0) is 13.6. The Bertz CT molecular complexity index is 436. The Morgan fingerprint density at radius 3 is 2.17 bits per heavy atom. The molecule has 1 fully saturated rings. The molecule has 1 heterocycles. The van der Waals surface area contributed by atoms with Crippen LogP contribution in [0.1, 0.15) is 33.3 Å². The summed E-state index contributed by atoms with van der Waals surface area (Å²) in [5, 5.41) is 3.54.